The van der Waals surface area contributed by atoms with Crippen LogP contribution >= 0.6 is 0 Å². The number of aromatic amines is 1. The maximum absolute atomic E-state index is 13.8. The topological polar surface area (TPSA) is 327 Å². The number of rotatable bonds is 17. The van der Waals surface area contributed by atoms with Crippen LogP contribution in [0.2, 0.25) is 0 Å². The summed E-state index contributed by atoms with van der Waals surface area (Å²) in [5.41, 5.74) is 6.00. The van der Waals surface area contributed by atoms with Crippen molar-refractivity contribution in [3.8, 4) is 0 Å². The predicted octanol–water partition coefficient (Wildman–Crippen LogP) is -5.24. The molecule has 0 bridgehead atoms. The normalized spacial score (nSPS) is 20.2. The van der Waals surface area contributed by atoms with E-state index in [0.29, 0.717) is 18.5 Å². The van der Waals surface area contributed by atoms with Crippen LogP contribution in [0.15, 0.2) is 12.5 Å². The van der Waals surface area contributed by atoms with Crippen LogP contribution in [0.3, 0.4) is 0 Å². The highest BCUT2D eigenvalue weighted by Crippen LogP contribution is 2.21. The van der Waals surface area contributed by atoms with Gasteiger partial charge in [-0.05, 0) is 32.6 Å². The molecule has 0 spiro atoms. The number of aromatic nitrogens is 2. The van der Waals surface area contributed by atoms with Crippen LogP contribution in [0.1, 0.15) is 44.7 Å². The molecule has 2 aliphatic heterocycles. The fourth-order valence-electron chi connectivity index (χ4n) is 5.69. The van der Waals surface area contributed by atoms with Crippen LogP contribution < -0.4 is 27.0 Å². The van der Waals surface area contributed by atoms with Gasteiger partial charge in [0.1, 0.15) is 36.3 Å². The van der Waals surface area contributed by atoms with Gasteiger partial charge in [0.25, 0.3) is 0 Å². The molecule has 1 aromatic heterocycles. The summed E-state index contributed by atoms with van der Waals surface area (Å²) >= 11 is 0. The molecule has 2 aliphatic rings. The molecule has 21 heteroatoms. The molecule has 1 aromatic rings. The minimum Gasteiger partial charge on any atom is -0.481 e. The molecule has 3 heterocycles. The Balaban J connectivity index is 1.68. The summed E-state index contributed by atoms with van der Waals surface area (Å²) in [6.45, 7) is -0.164. The van der Waals surface area contributed by atoms with Crippen molar-refractivity contribution < 1.29 is 58.8 Å². The highest BCUT2D eigenvalue weighted by molar-refractivity contribution is 5.97. The Kier molecular flexibility index (Phi) is 14.2. The van der Waals surface area contributed by atoms with Crippen molar-refractivity contribution in [3.05, 3.63) is 18.2 Å². The second-order valence-corrected chi connectivity index (χ2v) is 12.0. The first-order valence-corrected chi connectivity index (χ1v) is 15.9. The molecule has 2 fully saturated rings. The number of aliphatic hydroxyl groups is 2. The van der Waals surface area contributed by atoms with E-state index in [9.17, 15) is 53.7 Å². The molecule has 0 unspecified atom stereocenters. The van der Waals surface area contributed by atoms with E-state index in [-0.39, 0.29) is 32.4 Å². The first-order valence-electron chi connectivity index (χ1n) is 15.9. The number of aliphatic hydroxyl groups excluding tert-OH is 2. The number of nitrogens with zero attached hydrogens (tertiary/aromatic N) is 3. The molecule has 6 amide bonds. The van der Waals surface area contributed by atoms with Gasteiger partial charge < -0.3 is 62.2 Å². The second kappa shape index (κ2) is 18.0. The zero-order valence-electron chi connectivity index (χ0n) is 27.2. The van der Waals surface area contributed by atoms with Gasteiger partial charge in [-0.25, -0.2) is 9.78 Å². The molecule has 276 valence electrons. The van der Waals surface area contributed by atoms with E-state index in [2.05, 4.69) is 31.2 Å². The Morgan fingerprint density at radius 3 is 1.88 bits per heavy atom. The molecule has 50 heavy (non-hydrogen) atoms. The number of carbonyl (C=O) groups excluding carboxylic acids is 6. The van der Waals surface area contributed by atoms with Gasteiger partial charge in [-0.2, -0.15) is 0 Å². The number of amides is 6. The van der Waals surface area contributed by atoms with E-state index in [1.54, 1.807) is 0 Å². The van der Waals surface area contributed by atoms with Crippen molar-refractivity contribution in [2.24, 2.45) is 5.73 Å². The third-order valence-corrected chi connectivity index (χ3v) is 8.35. The third kappa shape index (κ3) is 10.2. The first-order chi connectivity index (χ1) is 23.7. The second-order valence-electron chi connectivity index (χ2n) is 12.0. The Labute approximate surface area is 285 Å². The SMILES string of the molecule is C[C@H](NC(=O)[C@@H]1CCCN1C(=O)[C@H](CO)NC(=O)[C@@H](N)CC(=O)O)C(=O)N[C@@H](Cc1cnc[nH]1)C(=O)N1CCC[C@H]1C(=O)N[C@@H](CO)C(=O)O. The monoisotopic (exact) mass is 709 g/mol. The summed E-state index contributed by atoms with van der Waals surface area (Å²) in [4.78, 5) is 110. The molecular weight excluding hydrogens is 666 g/mol. The summed E-state index contributed by atoms with van der Waals surface area (Å²) in [7, 11) is 0. The number of nitrogens with one attached hydrogen (secondary N) is 5. The molecule has 11 N–H and O–H groups in total. The average molecular weight is 710 g/mol. The number of carboxylic acid groups (broad SMARTS) is 2. The van der Waals surface area contributed by atoms with Gasteiger partial charge >= 0.3 is 11.9 Å². The zero-order chi connectivity index (χ0) is 37.1. The van der Waals surface area contributed by atoms with E-state index >= 15 is 0 Å². The highest BCUT2D eigenvalue weighted by atomic mass is 16.4. The first kappa shape index (κ1) is 39.3. The number of aliphatic carboxylic acids is 2. The van der Waals surface area contributed by atoms with Crippen molar-refractivity contribution in [2.75, 3.05) is 26.3 Å². The Hall–Kier alpha value is -5.15. The number of hydrogen-bond acceptors (Lipinski definition) is 12. The van der Waals surface area contributed by atoms with Crippen LogP contribution in [0.4, 0.5) is 0 Å². The van der Waals surface area contributed by atoms with Crippen LogP contribution in [-0.4, -0.2) is 156 Å². The zero-order valence-corrected chi connectivity index (χ0v) is 27.2. The molecule has 0 saturated carbocycles. The van der Waals surface area contributed by atoms with Crippen molar-refractivity contribution in [1.29, 1.82) is 0 Å². The quantitative estimate of drug-likeness (QED) is 0.0723. The lowest BCUT2D eigenvalue weighted by molar-refractivity contribution is -0.146. The average Bonchev–Trinajstić information content (AvgIpc) is 3.87. The summed E-state index contributed by atoms with van der Waals surface area (Å²) < 4.78 is 0. The maximum atomic E-state index is 13.8. The van der Waals surface area contributed by atoms with Gasteiger partial charge in [0.05, 0.1) is 32.0 Å². The van der Waals surface area contributed by atoms with E-state index in [4.69, 9.17) is 10.8 Å². The van der Waals surface area contributed by atoms with Crippen LogP contribution in [0.25, 0.3) is 0 Å². The Morgan fingerprint density at radius 1 is 0.840 bits per heavy atom. The standard InChI is InChI=1S/C29H43N9O12/c1-14(33-25(45)20-4-2-7-38(20)28(48)18(11-39)35-24(44)16(30)9-22(41)42)23(43)34-17(8-15-10-31-13-32-15)27(47)37-6-3-5-21(37)26(46)36-19(12-40)29(49)50/h10,13-14,16-21,39-40H,2-9,11-12,30H2,1H3,(H,31,32)(H,33,45)(H,34,43)(H,35,44)(H,36,46)(H,41,42)(H,49,50)/t14-,16-,17-,18-,19-,20-,21-/m0/s1. The molecule has 2 saturated heterocycles. The lowest BCUT2D eigenvalue weighted by atomic mass is 10.1. The number of nitrogens with two attached hydrogens (primary N) is 1. The molecule has 0 aromatic carbocycles. The summed E-state index contributed by atoms with van der Waals surface area (Å²) in [6.07, 6.45) is 3.18. The van der Waals surface area contributed by atoms with Crippen LogP contribution in [-0.2, 0) is 44.8 Å². The van der Waals surface area contributed by atoms with Gasteiger partial charge in [-0.3, -0.25) is 33.6 Å². The van der Waals surface area contributed by atoms with Gasteiger partial charge in [-0.15, -0.1) is 0 Å². The highest BCUT2D eigenvalue weighted by Gasteiger charge is 2.41. The summed E-state index contributed by atoms with van der Waals surface area (Å²) in [6, 6.07) is -9.23. The fraction of sp³-hybridized carbons (Fsp3) is 0.621. The number of hydrogen-bond donors (Lipinski definition) is 10. The van der Waals surface area contributed by atoms with E-state index < -0.39 is 109 Å². The van der Waals surface area contributed by atoms with Gasteiger partial charge in [0, 0.05) is 31.4 Å². The molecule has 3 rings (SSSR count). The van der Waals surface area contributed by atoms with Crippen molar-refractivity contribution in [1.82, 2.24) is 41.0 Å². The van der Waals surface area contributed by atoms with Gasteiger partial charge in [-0.1, -0.05) is 0 Å². The molecule has 0 aliphatic carbocycles. The molecule has 21 nitrogen and oxygen atoms in total. The van der Waals surface area contributed by atoms with Gasteiger partial charge in [0.2, 0.25) is 35.4 Å². The lowest BCUT2D eigenvalue weighted by Crippen LogP contribution is -2.59. The van der Waals surface area contributed by atoms with Crippen LogP contribution in [0.5, 0.6) is 0 Å². The van der Waals surface area contributed by atoms with E-state index in [1.165, 1.54) is 24.3 Å². The molecular formula is C29H43N9O12. The predicted molar refractivity (Wildman–Crippen MR) is 167 cm³/mol. The summed E-state index contributed by atoms with van der Waals surface area (Å²) in [5.74, 6) is -7.57. The molecule has 0 radical (unpaired) electrons. The van der Waals surface area contributed by atoms with Gasteiger partial charge in [0.15, 0.2) is 0 Å². The van der Waals surface area contributed by atoms with Crippen LogP contribution in [0, 0.1) is 0 Å². The fourth-order valence-corrected chi connectivity index (χ4v) is 5.69. The minimum absolute atomic E-state index is 0.0836. The number of carbonyl (C=O) groups is 8. The smallest absolute Gasteiger partial charge is 0.328 e. The number of H-pyrrole nitrogens is 1. The number of imidazole rings is 1. The maximum Gasteiger partial charge on any atom is 0.328 e. The van der Waals surface area contributed by atoms with Crippen molar-refractivity contribution in [2.45, 2.75) is 87.7 Å². The molecule has 7 atom stereocenters. The third-order valence-electron chi connectivity index (χ3n) is 8.35. The van der Waals surface area contributed by atoms with Crippen molar-refractivity contribution >= 4 is 47.4 Å². The number of carboxylic acids is 2. The Bertz CT molecular complexity index is 1420. The van der Waals surface area contributed by atoms with E-state index in [1.807, 2.05) is 0 Å². The largest absolute Gasteiger partial charge is 0.481 e. The number of likely N-dealkylation sites (tertiary alicyclic amines) is 2. The summed E-state index contributed by atoms with van der Waals surface area (Å²) in [5, 5.41) is 46.6. The van der Waals surface area contributed by atoms with Crippen molar-refractivity contribution in [3.63, 3.8) is 0 Å². The van der Waals surface area contributed by atoms with E-state index in [0.717, 1.165) is 4.90 Å². The lowest BCUT2D eigenvalue weighted by Gasteiger charge is -2.30. The Morgan fingerprint density at radius 2 is 1.38 bits per heavy atom. The minimum atomic E-state index is -1.58.